The number of benzene rings is 2. The van der Waals surface area contributed by atoms with E-state index in [0.29, 0.717) is 34.0 Å². The van der Waals surface area contributed by atoms with Crippen LogP contribution in [0.1, 0.15) is 45.7 Å². The first kappa shape index (κ1) is 22.9. The maximum atomic E-state index is 12.6. The summed E-state index contributed by atoms with van der Waals surface area (Å²) in [6.07, 6.45) is 1.41. The first-order valence-electron chi connectivity index (χ1n) is 10.1. The van der Waals surface area contributed by atoms with E-state index in [4.69, 9.17) is 5.11 Å². The van der Waals surface area contributed by atoms with Gasteiger partial charge in [0.1, 0.15) is 18.3 Å². The van der Waals surface area contributed by atoms with E-state index in [1.807, 2.05) is 33.2 Å². The highest BCUT2D eigenvalue weighted by Gasteiger charge is 2.17. The molecule has 0 saturated heterocycles. The molecule has 3 aromatic rings. The van der Waals surface area contributed by atoms with E-state index < -0.39 is 12.6 Å². The van der Waals surface area contributed by atoms with Crippen molar-refractivity contribution in [2.45, 2.75) is 25.9 Å². The number of alkyl halides is 1. The van der Waals surface area contributed by atoms with E-state index in [-0.39, 0.29) is 18.2 Å². The van der Waals surface area contributed by atoms with Crippen LogP contribution in [-0.2, 0) is 17.9 Å². The first-order chi connectivity index (χ1) is 15.3. The molecule has 7 nitrogen and oxygen atoms in total. The number of rotatable bonds is 8. The number of carboxylic acid groups (broad SMARTS) is 1. The second-order valence-corrected chi connectivity index (χ2v) is 7.67. The summed E-state index contributed by atoms with van der Waals surface area (Å²) in [5.74, 6) is -0.192. The third-order valence-electron chi connectivity index (χ3n) is 5.05. The van der Waals surface area contributed by atoms with E-state index >= 15 is 0 Å². The highest BCUT2D eigenvalue weighted by molar-refractivity contribution is 6.04. The van der Waals surface area contributed by atoms with E-state index in [2.05, 4.69) is 15.3 Å². The molecule has 1 unspecified atom stereocenters. The summed E-state index contributed by atoms with van der Waals surface area (Å²) < 4.78 is 12.6. The Bertz CT molecular complexity index is 1100. The van der Waals surface area contributed by atoms with Crippen LogP contribution in [0.5, 0.6) is 0 Å². The lowest BCUT2D eigenvalue weighted by Crippen LogP contribution is -2.18. The van der Waals surface area contributed by atoms with Crippen molar-refractivity contribution in [3.63, 3.8) is 0 Å². The second-order valence-electron chi connectivity index (χ2n) is 7.67. The second kappa shape index (κ2) is 10.00. The van der Waals surface area contributed by atoms with E-state index in [0.717, 1.165) is 5.56 Å². The van der Waals surface area contributed by atoms with Gasteiger partial charge in [-0.15, -0.1) is 0 Å². The maximum absolute atomic E-state index is 12.6. The third kappa shape index (κ3) is 5.46. The number of aliphatic carboxylic acids is 1. The molecule has 32 heavy (non-hydrogen) atoms. The summed E-state index contributed by atoms with van der Waals surface area (Å²) in [5, 5.41) is 11.9. The fraction of sp³-hybridized carbons (Fsp3) is 0.250. The van der Waals surface area contributed by atoms with Crippen molar-refractivity contribution in [3.8, 4) is 0 Å². The Morgan fingerprint density at radius 1 is 1.09 bits per heavy atom. The Hall–Kier alpha value is -3.81. The zero-order valence-electron chi connectivity index (χ0n) is 18.2. The summed E-state index contributed by atoms with van der Waals surface area (Å²) in [7, 11) is 3.62. The highest BCUT2D eigenvalue weighted by atomic mass is 19.1. The summed E-state index contributed by atoms with van der Waals surface area (Å²) in [6, 6.07) is 13.7. The molecule has 0 bridgehead atoms. The molecule has 0 radical (unpaired) electrons. The van der Waals surface area contributed by atoms with Crippen LogP contribution < -0.4 is 10.2 Å². The molecule has 1 atom stereocenters. The highest BCUT2D eigenvalue weighted by Crippen LogP contribution is 2.26. The van der Waals surface area contributed by atoms with Gasteiger partial charge >= 0.3 is 5.97 Å². The number of anilines is 2. The Balaban J connectivity index is 1.74. The molecule has 0 saturated carbocycles. The average Bonchev–Trinajstić information content (AvgIpc) is 2.79. The van der Waals surface area contributed by atoms with Crippen molar-refractivity contribution in [2.75, 3.05) is 24.3 Å². The van der Waals surface area contributed by atoms with Gasteiger partial charge < -0.3 is 15.3 Å². The molecule has 8 heteroatoms. The Labute approximate surface area is 185 Å². The monoisotopic (exact) mass is 436 g/mol. The van der Waals surface area contributed by atoms with Crippen molar-refractivity contribution in [3.05, 3.63) is 82.8 Å². The van der Waals surface area contributed by atoms with Crippen LogP contribution >= 0.6 is 0 Å². The SMILES string of the molecule is CC(c1ccc(NC(=O)c2ccc(CF)cc2)cc1)c1ncc(CC(=O)O)c(N(C)C)n1. The number of nitrogens with one attached hydrogen (secondary N) is 1. The number of aromatic nitrogens is 2. The van der Waals surface area contributed by atoms with Gasteiger partial charge in [0, 0.05) is 43.0 Å². The van der Waals surface area contributed by atoms with Crippen molar-refractivity contribution in [2.24, 2.45) is 0 Å². The molecule has 1 amide bonds. The fourth-order valence-corrected chi connectivity index (χ4v) is 3.25. The van der Waals surface area contributed by atoms with Gasteiger partial charge in [0.15, 0.2) is 0 Å². The minimum absolute atomic E-state index is 0.134. The van der Waals surface area contributed by atoms with Crippen LogP contribution in [0, 0.1) is 0 Å². The quantitative estimate of drug-likeness (QED) is 0.553. The average molecular weight is 436 g/mol. The standard InChI is InChI=1S/C24H25FN4O3/c1-15(22-26-14-19(12-21(30)31)23(28-22)29(2)3)17-8-10-20(11-9-17)27-24(32)18-6-4-16(13-25)5-7-18/h4-11,14-15H,12-13H2,1-3H3,(H,27,32)(H,30,31). The van der Waals surface area contributed by atoms with Crippen molar-refractivity contribution < 1.29 is 19.1 Å². The molecule has 1 aromatic heterocycles. The molecule has 2 aromatic carbocycles. The molecule has 2 N–H and O–H groups in total. The van der Waals surface area contributed by atoms with Crippen molar-refractivity contribution in [1.82, 2.24) is 9.97 Å². The van der Waals surface area contributed by atoms with E-state index in [9.17, 15) is 14.0 Å². The fourth-order valence-electron chi connectivity index (χ4n) is 3.25. The molecule has 0 aliphatic rings. The number of hydrogen-bond acceptors (Lipinski definition) is 5. The molecule has 0 aliphatic heterocycles. The Morgan fingerprint density at radius 3 is 2.31 bits per heavy atom. The van der Waals surface area contributed by atoms with E-state index in [1.54, 1.807) is 47.5 Å². The van der Waals surface area contributed by atoms with Crippen LogP contribution in [0.4, 0.5) is 15.9 Å². The molecule has 3 rings (SSSR count). The molecule has 166 valence electrons. The molecule has 0 spiro atoms. The van der Waals surface area contributed by atoms with Crippen LogP contribution in [-0.4, -0.2) is 41.0 Å². The summed E-state index contributed by atoms with van der Waals surface area (Å²) in [5.41, 5.74) is 3.11. The number of carboxylic acids is 1. The normalized spacial score (nSPS) is 11.6. The zero-order chi connectivity index (χ0) is 23.3. The van der Waals surface area contributed by atoms with Gasteiger partial charge in [0.2, 0.25) is 0 Å². The number of carbonyl (C=O) groups excluding carboxylic acids is 1. The lowest BCUT2D eigenvalue weighted by molar-refractivity contribution is -0.136. The van der Waals surface area contributed by atoms with Crippen molar-refractivity contribution in [1.29, 1.82) is 0 Å². The zero-order valence-corrected chi connectivity index (χ0v) is 18.2. The number of amides is 1. The molecular formula is C24H25FN4O3. The van der Waals surface area contributed by atoms with Gasteiger partial charge in [0.05, 0.1) is 6.42 Å². The lowest BCUT2D eigenvalue weighted by atomic mass is 9.99. The number of hydrogen-bond donors (Lipinski definition) is 2. The number of nitrogens with zero attached hydrogens (tertiary/aromatic N) is 3. The van der Waals surface area contributed by atoms with Crippen LogP contribution in [0.25, 0.3) is 0 Å². The predicted molar refractivity (Wildman–Crippen MR) is 121 cm³/mol. The van der Waals surface area contributed by atoms with Gasteiger partial charge in [-0.25, -0.2) is 14.4 Å². The topological polar surface area (TPSA) is 95.4 Å². The summed E-state index contributed by atoms with van der Waals surface area (Å²) >= 11 is 0. The van der Waals surface area contributed by atoms with Crippen LogP contribution in [0.3, 0.4) is 0 Å². The summed E-state index contributed by atoms with van der Waals surface area (Å²) in [4.78, 5) is 34.2. The molecule has 1 heterocycles. The van der Waals surface area contributed by atoms with Crippen LogP contribution in [0.2, 0.25) is 0 Å². The lowest BCUT2D eigenvalue weighted by Gasteiger charge is -2.18. The van der Waals surface area contributed by atoms with Gasteiger partial charge in [-0.1, -0.05) is 31.2 Å². The molecule has 0 aliphatic carbocycles. The Kier molecular flexibility index (Phi) is 7.14. The van der Waals surface area contributed by atoms with Gasteiger partial charge in [0.25, 0.3) is 5.91 Å². The third-order valence-corrected chi connectivity index (χ3v) is 5.05. The minimum Gasteiger partial charge on any atom is -0.481 e. The number of halogens is 1. The molecule has 0 fully saturated rings. The van der Waals surface area contributed by atoms with Gasteiger partial charge in [-0.3, -0.25) is 9.59 Å². The van der Waals surface area contributed by atoms with Crippen molar-refractivity contribution >= 4 is 23.4 Å². The maximum Gasteiger partial charge on any atom is 0.308 e. The first-order valence-corrected chi connectivity index (χ1v) is 10.1. The number of carbonyl (C=O) groups is 2. The van der Waals surface area contributed by atoms with Gasteiger partial charge in [-0.2, -0.15) is 0 Å². The molecular weight excluding hydrogens is 411 g/mol. The Morgan fingerprint density at radius 2 is 1.75 bits per heavy atom. The van der Waals surface area contributed by atoms with Crippen LogP contribution in [0.15, 0.2) is 54.7 Å². The predicted octanol–water partition coefficient (Wildman–Crippen LogP) is 4.04. The van der Waals surface area contributed by atoms with E-state index in [1.165, 1.54) is 0 Å². The smallest absolute Gasteiger partial charge is 0.308 e. The largest absolute Gasteiger partial charge is 0.481 e. The van der Waals surface area contributed by atoms with Gasteiger partial charge in [-0.05, 0) is 35.4 Å². The summed E-state index contributed by atoms with van der Waals surface area (Å²) in [6.45, 7) is 1.40. The minimum atomic E-state index is -0.937.